The molecule has 4 aromatic rings. The Bertz CT molecular complexity index is 1390. The minimum Gasteiger partial charge on any atom is -0.325 e. The Morgan fingerprint density at radius 1 is 0.806 bits per heavy atom. The van der Waals surface area contributed by atoms with Crippen LogP contribution in [-0.2, 0) is 4.79 Å². The van der Waals surface area contributed by atoms with Gasteiger partial charge >= 0.3 is 0 Å². The van der Waals surface area contributed by atoms with Crippen LogP contribution in [0.5, 0.6) is 0 Å². The molecule has 0 radical (unpaired) electrons. The van der Waals surface area contributed by atoms with Gasteiger partial charge in [0, 0.05) is 34.0 Å². The fourth-order valence-corrected chi connectivity index (χ4v) is 4.64. The van der Waals surface area contributed by atoms with Crippen LogP contribution in [0.3, 0.4) is 0 Å². The van der Waals surface area contributed by atoms with Gasteiger partial charge in [0.15, 0.2) is 0 Å². The van der Waals surface area contributed by atoms with Crippen LogP contribution >= 0.6 is 11.8 Å². The van der Waals surface area contributed by atoms with E-state index in [-0.39, 0.29) is 17.5 Å². The van der Waals surface area contributed by atoms with Crippen molar-refractivity contribution in [2.75, 3.05) is 10.6 Å². The van der Waals surface area contributed by atoms with Crippen molar-refractivity contribution in [3.8, 4) is 0 Å². The topological polar surface area (TPSA) is 101 Å². The minimum absolute atomic E-state index is 0.0826. The molecule has 0 bridgehead atoms. The van der Waals surface area contributed by atoms with Crippen LogP contribution in [0.4, 0.5) is 17.1 Å². The summed E-state index contributed by atoms with van der Waals surface area (Å²) in [5.41, 5.74) is 3.40. The molecule has 4 aromatic carbocycles. The number of carbonyl (C=O) groups excluding carboxylic acids is 2. The SMILES string of the molecule is Cc1cccc(NC(=O)C(Sc2cccc(NC(=O)c3ccc([N+](=O)[O-])cc3)c2)c2ccccc2)c1. The predicted molar refractivity (Wildman–Crippen MR) is 142 cm³/mol. The number of rotatable bonds is 8. The lowest BCUT2D eigenvalue weighted by atomic mass is 10.1. The molecule has 0 aliphatic carbocycles. The van der Waals surface area contributed by atoms with Crippen LogP contribution < -0.4 is 10.6 Å². The lowest BCUT2D eigenvalue weighted by Crippen LogP contribution is -2.19. The van der Waals surface area contributed by atoms with Gasteiger partial charge in [-0.05, 0) is 60.5 Å². The third kappa shape index (κ3) is 6.37. The van der Waals surface area contributed by atoms with Gasteiger partial charge in [0.25, 0.3) is 11.6 Å². The number of nitro benzene ring substituents is 1. The number of nitrogens with one attached hydrogen (secondary N) is 2. The first-order valence-corrected chi connectivity index (χ1v) is 12.0. The number of nitro groups is 1. The van der Waals surface area contributed by atoms with Crippen LogP contribution in [0.25, 0.3) is 0 Å². The molecular weight excluding hydrogens is 474 g/mol. The lowest BCUT2D eigenvalue weighted by Gasteiger charge is -2.18. The van der Waals surface area contributed by atoms with E-state index in [9.17, 15) is 19.7 Å². The van der Waals surface area contributed by atoms with Crippen molar-refractivity contribution in [2.24, 2.45) is 0 Å². The van der Waals surface area contributed by atoms with E-state index in [4.69, 9.17) is 0 Å². The molecule has 0 spiro atoms. The molecule has 0 fully saturated rings. The van der Waals surface area contributed by atoms with Gasteiger partial charge in [0.1, 0.15) is 5.25 Å². The van der Waals surface area contributed by atoms with Gasteiger partial charge in [0.2, 0.25) is 5.91 Å². The van der Waals surface area contributed by atoms with Crippen LogP contribution in [-0.4, -0.2) is 16.7 Å². The monoisotopic (exact) mass is 497 g/mol. The zero-order valence-electron chi connectivity index (χ0n) is 19.4. The highest BCUT2D eigenvalue weighted by Gasteiger charge is 2.22. The maximum absolute atomic E-state index is 13.3. The molecule has 0 saturated carbocycles. The molecule has 4 rings (SSSR count). The van der Waals surface area contributed by atoms with Crippen molar-refractivity contribution in [3.63, 3.8) is 0 Å². The molecule has 8 heteroatoms. The summed E-state index contributed by atoms with van der Waals surface area (Å²) in [4.78, 5) is 37.1. The maximum Gasteiger partial charge on any atom is 0.269 e. The highest BCUT2D eigenvalue weighted by atomic mass is 32.2. The fourth-order valence-electron chi connectivity index (χ4n) is 3.55. The van der Waals surface area contributed by atoms with Gasteiger partial charge in [-0.3, -0.25) is 19.7 Å². The first-order chi connectivity index (χ1) is 17.4. The number of carbonyl (C=O) groups is 2. The van der Waals surface area contributed by atoms with Gasteiger partial charge in [-0.2, -0.15) is 0 Å². The average Bonchev–Trinajstić information content (AvgIpc) is 2.88. The van der Waals surface area contributed by atoms with Crippen molar-refractivity contribution in [1.82, 2.24) is 0 Å². The number of anilines is 2. The molecule has 0 saturated heterocycles. The molecule has 7 nitrogen and oxygen atoms in total. The molecule has 180 valence electrons. The van der Waals surface area contributed by atoms with Crippen molar-refractivity contribution in [2.45, 2.75) is 17.1 Å². The normalized spacial score (nSPS) is 11.4. The van der Waals surface area contributed by atoms with Crippen LogP contribution in [0.2, 0.25) is 0 Å². The third-order valence-corrected chi connectivity index (χ3v) is 6.56. The Kier molecular flexibility index (Phi) is 7.77. The van der Waals surface area contributed by atoms with Gasteiger partial charge in [0.05, 0.1) is 4.92 Å². The Balaban J connectivity index is 1.52. The van der Waals surface area contributed by atoms with Crippen molar-refractivity contribution >= 4 is 40.6 Å². The van der Waals surface area contributed by atoms with Gasteiger partial charge in [-0.15, -0.1) is 11.8 Å². The Hall–Kier alpha value is -4.43. The second kappa shape index (κ2) is 11.3. The zero-order valence-corrected chi connectivity index (χ0v) is 20.2. The molecule has 1 unspecified atom stereocenters. The summed E-state index contributed by atoms with van der Waals surface area (Å²) >= 11 is 1.38. The number of thioether (sulfide) groups is 1. The molecule has 0 heterocycles. The number of aryl methyl sites for hydroxylation is 1. The van der Waals surface area contributed by atoms with Crippen LogP contribution in [0, 0.1) is 17.0 Å². The van der Waals surface area contributed by atoms with Crippen LogP contribution in [0.1, 0.15) is 26.7 Å². The Morgan fingerprint density at radius 2 is 1.47 bits per heavy atom. The number of benzene rings is 4. The van der Waals surface area contributed by atoms with E-state index >= 15 is 0 Å². The summed E-state index contributed by atoms with van der Waals surface area (Å²) in [7, 11) is 0. The first-order valence-electron chi connectivity index (χ1n) is 11.1. The zero-order chi connectivity index (χ0) is 25.5. The smallest absolute Gasteiger partial charge is 0.269 e. The van der Waals surface area contributed by atoms with E-state index in [1.807, 2.05) is 67.6 Å². The number of amides is 2. The third-order valence-electron chi connectivity index (χ3n) is 5.31. The van der Waals surface area contributed by atoms with Gasteiger partial charge in [-0.1, -0.05) is 48.5 Å². The first kappa shape index (κ1) is 24.7. The number of nitrogens with zero attached hydrogens (tertiary/aromatic N) is 1. The quantitative estimate of drug-likeness (QED) is 0.162. The minimum atomic E-state index is -0.521. The average molecular weight is 498 g/mol. The summed E-state index contributed by atoms with van der Waals surface area (Å²) in [6, 6.07) is 29.8. The second-order valence-corrected chi connectivity index (χ2v) is 9.23. The lowest BCUT2D eigenvalue weighted by molar-refractivity contribution is -0.384. The van der Waals surface area contributed by atoms with Gasteiger partial charge in [-0.25, -0.2) is 0 Å². The van der Waals surface area contributed by atoms with Gasteiger partial charge < -0.3 is 10.6 Å². The predicted octanol–water partition coefficient (Wildman–Crippen LogP) is 6.63. The highest BCUT2D eigenvalue weighted by Crippen LogP contribution is 2.37. The Labute approximate surface area is 212 Å². The van der Waals surface area contributed by atoms with Crippen LogP contribution in [0.15, 0.2) is 108 Å². The molecule has 36 heavy (non-hydrogen) atoms. The second-order valence-electron chi connectivity index (χ2n) is 8.05. The Morgan fingerprint density at radius 3 is 2.14 bits per heavy atom. The maximum atomic E-state index is 13.3. The molecule has 0 aromatic heterocycles. The van der Waals surface area contributed by atoms with E-state index < -0.39 is 10.2 Å². The highest BCUT2D eigenvalue weighted by molar-refractivity contribution is 8.00. The van der Waals surface area contributed by atoms with E-state index in [1.165, 1.54) is 36.0 Å². The molecule has 2 amide bonds. The van der Waals surface area contributed by atoms with E-state index in [1.54, 1.807) is 18.2 Å². The molecule has 2 N–H and O–H groups in total. The van der Waals surface area contributed by atoms with E-state index in [0.717, 1.165) is 21.7 Å². The summed E-state index contributed by atoms with van der Waals surface area (Å²) < 4.78 is 0. The summed E-state index contributed by atoms with van der Waals surface area (Å²) in [6.45, 7) is 1.97. The van der Waals surface area contributed by atoms with E-state index in [2.05, 4.69) is 10.6 Å². The van der Waals surface area contributed by atoms with Crippen molar-refractivity contribution < 1.29 is 14.5 Å². The number of hydrogen-bond acceptors (Lipinski definition) is 5. The largest absolute Gasteiger partial charge is 0.325 e. The molecule has 1 atom stereocenters. The molecule has 0 aliphatic heterocycles. The summed E-state index contributed by atoms with van der Waals surface area (Å²) in [5, 5.41) is 16.1. The summed E-state index contributed by atoms with van der Waals surface area (Å²) in [5.74, 6) is -0.541. The summed E-state index contributed by atoms with van der Waals surface area (Å²) in [6.07, 6.45) is 0. The fraction of sp³-hybridized carbons (Fsp3) is 0.0714. The number of non-ortho nitro benzene ring substituents is 1. The molecule has 0 aliphatic rings. The van der Waals surface area contributed by atoms with Crippen molar-refractivity contribution in [1.29, 1.82) is 0 Å². The molecular formula is C28H23N3O4S. The standard InChI is InChI=1S/C28H23N3O4S/c1-19-7-5-10-22(17-19)30-28(33)26(20-8-3-2-4-9-20)36-25-12-6-11-23(18-25)29-27(32)21-13-15-24(16-14-21)31(34)35/h2-18,26H,1H3,(H,29,32)(H,30,33). The van der Waals surface area contributed by atoms with E-state index in [0.29, 0.717) is 11.3 Å². The van der Waals surface area contributed by atoms with Crippen molar-refractivity contribution in [3.05, 3.63) is 130 Å². The number of hydrogen-bond donors (Lipinski definition) is 2.